The topological polar surface area (TPSA) is 56.8 Å². The predicted molar refractivity (Wildman–Crippen MR) is 111 cm³/mol. The second-order valence-corrected chi connectivity index (χ2v) is 6.96. The van der Waals surface area contributed by atoms with Crippen LogP contribution < -0.4 is 14.8 Å². The molecule has 0 aliphatic heterocycles. The minimum atomic E-state index is -0.120. The number of halogens is 1. The van der Waals surface area contributed by atoms with E-state index in [1.807, 2.05) is 49.4 Å². The molecule has 0 spiro atoms. The molecule has 1 unspecified atom stereocenters. The fourth-order valence-electron chi connectivity index (χ4n) is 2.81. The van der Waals surface area contributed by atoms with Crippen molar-refractivity contribution in [1.29, 1.82) is 0 Å². The van der Waals surface area contributed by atoms with Crippen LogP contribution in [0.2, 0.25) is 5.02 Å². The Bertz CT molecular complexity index is 749. The molecule has 2 rings (SSSR count). The molecular formula is C22H28ClNO4. The van der Waals surface area contributed by atoms with Crippen LogP contribution in [0.4, 0.5) is 0 Å². The highest BCUT2D eigenvalue weighted by Gasteiger charge is 2.13. The van der Waals surface area contributed by atoms with Gasteiger partial charge in [0, 0.05) is 18.6 Å². The molecule has 0 aliphatic rings. The fourth-order valence-corrected chi connectivity index (χ4v) is 2.93. The van der Waals surface area contributed by atoms with Gasteiger partial charge in [-0.25, -0.2) is 0 Å². The van der Waals surface area contributed by atoms with Crippen LogP contribution in [0.5, 0.6) is 11.5 Å². The summed E-state index contributed by atoms with van der Waals surface area (Å²) in [4.78, 5) is 12.3. The second-order valence-electron chi connectivity index (χ2n) is 6.52. The zero-order valence-electron chi connectivity index (χ0n) is 16.7. The molecule has 1 N–H and O–H groups in total. The average Bonchev–Trinajstić information content (AvgIpc) is 2.69. The lowest BCUT2D eigenvalue weighted by Gasteiger charge is -2.17. The number of methoxy groups -OCH3 is 2. The minimum absolute atomic E-state index is 0.0286. The molecule has 6 heteroatoms. The first-order valence-corrected chi connectivity index (χ1v) is 9.74. The third-order valence-electron chi connectivity index (χ3n) is 4.39. The van der Waals surface area contributed by atoms with Crippen LogP contribution in [0.15, 0.2) is 42.5 Å². The molecule has 0 aliphatic carbocycles. The predicted octanol–water partition coefficient (Wildman–Crippen LogP) is 4.57. The fraction of sp³-hybridized carbons (Fsp3) is 0.409. The van der Waals surface area contributed by atoms with Crippen molar-refractivity contribution in [2.75, 3.05) is 27.4 Å². The molecule has 152 valence electrons. The van der Waals surface area contributed by atoms with Gasteiger partial charge in [0.15, 0.2) is 11.5 Å². The number of hydrogen-bond acceptors (Lipinski definition) is 4. The molecule has 0 saturated heterocycles. The number of carbonyl (C=O) groups is 1. The first kappa shape index (κ1) is 22.1. The van der Waals surface area contributed by atoms with E-state index in [1.54, 1.807) is 14.2 Å². The molecule has 0 heterocycles. The lowest BCUT2D eigenvalue weighted by Crippen LogP contribution is -2.26. The Morgan fingerprint density at radius 2 is 1.82 bits per heavy atom. The van der Waals surface area contributed by atoms with Gasteiger partial charge in [-0.05, 0) is 55.2 Å². The molecule has 0 bridgehead atoms. The third-order valence-corrected chi connectivity index (χ3v) is 4.64. The van der Waals surface area contributed by atoms with Crippen molar-refractivity contribution >= 4 is 17.5 Å². The van der Waals surface area contributed by atoms with Crippen molar-refractivity contribution in [3.63, 3.8) is 0 Å². The monoisotopic (exact) mass is 405 g/mol. The normalized spacial score (nSPS) is 11.7. The van der Waals surface area contributed by atoms with E-state index in [-0.39, 0.29) is 11.9 Å². The van der Waals surface area contributed by atoms with Crippen LogP contribution in [0.1, 0.15) is 36.9 Å². The molecular weight excluding hydrogens is 378 g/mol. The van der Waals surface area contributed by atoms with E-state index >= 15 is 0 Å². The number of benzene rings is 2. The summed E-state index contributed by atoms with van der Waals surface area (Å²) in [5.74, 6) is 1.32. The lowest BCUT2D eigenvalue weighted by molar-refractivity contribution is -0.121. The average molecular weight is 406 g/mol. The quantitative estimate of drug-likeness (QED) is 0.556. The summed E-state index contributed by atoms with van der Waals surface area (Å²) in [7, 11) is 3.23. The van der Waals surface area contributed by atoms with Crippen molar-refractivity contribution in [3.05, 3.63) is 58.6 Å². The smallest absolute Gasteiger partial charge is 0.220 e. The molecule has 1 amide bonds. The van der Waals surface area contributed by atoms with Crippen LogP contribution in [0, 0.1) is 0 Å². The van der Waals surface area contributed by atoms with Crippen LogP contribution in [0.3, 0.4) is 0 Å². The lowest BCUT2D eigenvalue weighted by atomic mass is 10.1. The highest BCUT2D eigenvalue weighted by Crippen LogP contribution is 2.30. The Hall–Kier alpha value is -2.24. The van der Waals surface area contributed by atoms with Gasteiger partial charge in [0.1, 0.15) is 6.61 Å². The van der Waals surface area contributed by atoms with Gasteiger partial charge in [-0.1, -0.05) is 29.8 Å². The van der Waals surface area contributed by atoms with E-state index in [1.165, 1.54) is 5.56 Å². The number of amides is 1. The molecule has 2 aromatic rings. The van der Waals surface area contributed by atoms with Gasteiger partial charge in [0.2, 0.25) is 5.91 Å². The van der Waals surface area contributed by atoms with E-state index in [0.717, 1.165) is 23.4 Å². The maximum Gasteiger partial charge on any atom is 0.220 e. The van der Waals surface area contributed by atoms with E-state index in [4.69, 9.17) is 25.8 Å². The molecule has 0 fully saturated rings. The van der Waals surface area contributed by atoms with Gasteiger partial charge in [-0.2, -0.15) is 0 Å². The van der Waals surface area contributed by atoms with Crippen molar-refractivity contribution in [3.8, 4) is 11.5 Å². The van der Waals surface area contributed by atoms with Crippen molar-refractivity contribution in [1.82, 2.24) is 5.32 Å². The zero-order valence-corrected chi connectivity index (χ0v) is 17.4. The molecule has 0 aromatic heterocycles. The number of nitrogens with one attached hydrogen (secondary N) is 1. The van der Waals surface area contributed by atoms with E-state index in [2.05, 4.69) is 5.32 Å². The van der Waals surface area contributed by atoms with Crippen molar-refractivity contribution < 1.29 is 19.0 Å². The summed E-state index contributed by atoms with van der Waals surface area (Å²) in [6.07, 6.45) is 2.11. The Morgan fingerprint density at radius 3 is 2.50 bits per heavy atom. The first-order chi connectivity index (χ1) is 13.5. The van der Waals surface area contributed by atoms with E-state index < -0.39 is 0 Å². The first-order valence-electron chi connectivity index (χ1n) is 9.37. The highest BCUT2D eigenvalue weighted by atomic mass is 35.5. The molecule has 5 nitrogen and oxygen atoms in total. The summed E-state index contributed by atoms with van der Waals surface area (Å²) in [5, 5.41) is 3.76. The van der Waals surface area contributed by atoms with Crippen LogP contribution in [-0.2, 0) is 16.0 Å². The van der Waals surface area contributed by atoms with Crippen molar-refractivity contribution in [2.24, 2.45) is 0 Å². The van der Waals surface area contributed by atoms with Crippen LogP contribution in [0.25, 0.3) is 0 Å². The minimum Gasteiger partial charge on any atom is -0.493 e. The summed E-state index contributed by atoms with van der Waals surface area (Å²) < 4.78 is 16.0. The number of rotatable bonds is 11. The summed E-state index contributed by atoms with van der Waals surface area (Å²) in [6.45, 7) is 2.91. The summed E-state index contributed by atoms with van der Waals surface area (Å²) in [5.41, 5.74) is 2.14. The second kappa shape index (κ2) is 11.6. The SMILES string of the molecule is COCCOc1ccc(C(C)NC(=O)CCCc2ccc(Cl)cc2)cc1OC. The van der Waals surface area contributed by atoms with Gasteiger partial charge < -0.3 is 19.5 Å². The van der Waals surface area contributed by atoms with Gasteiger partial charge in [-0.3, -0.25) is 4.79 Å². The largest absolute Gasteiger partial charge is 0.493 e. The maximum absolute atomic E-state index is 12.3. The molecule has 1 atom stereocenters. The molecule has 0 saturated carbocycles. The van der Waals surface area contributed by atoms with Gasteiger partial charge in [0.25, 0.3) is 0 Å². The Kier molecular flexibility index (Phi) is 9.11. The molecule has 0 radical (unpaired) electrons. The Morgan fingerprint density at radius 1 is 1.07 bits per heavy atom. The maximum atomic E-state index is 12.3. The van der Waals surface area contributed by atoms with Crippen molar-refractivity contribution in [2.45, 2.75) is 32.2 Å². The number of ether oxygens (including phenoxy) is 3. The van der Waals surface area contributed by atoms with Crippen LogP contribution >= 0.6 is 11.6 Å². The summed E-state index contributed by atoms with van der Waals surface area (Å²) in [6, 6.07) is 13.3. The van der Waals surface area contributed by atoms with Gasteiger partial charge in [0.05, 0.1) is 19.8 Å². The van der Waals surface area contributed by atoms with Gasteiger partial charge >= 0.3 is 0 Å². The Balaban J connectivity index is 1.84. The highest BCUT2D eigenvalue weighted by molar-refractivity contribution is 6.30. The third kappa shape index (κ3) is 7.06. The standard InChI is InChI=1S/C22H28ClNO4/c1-16(18-9-12-20(21(15-18)27-3)28-14-13-26-2)24-22(25)6-4-5-17-7-10-19(23)11-8-17/h7-12,15-16H,4-6,13-14H2,1-3H3,(H,24,25). The number of hydrogen-bond donors (Lipinski definition) is 1. The molecule has 2 aromatic carbocycles. The van der Waals surface area contributed by atoms with Gasteiger partial charge in [-0.15, -0.1) is 0 Å². The summed E-state index contributed by atoms with van der Waals surface area (Å²) >= 11 is 5.89. The zero-order chi connectivity index (χ0) is 20.4. The molecule has 28 heavy (non-hydrogen) atoms. The van der Waals surface area contributed by atoms with E-state index in [9.17, 15) is 4.79 Å². The number of aryl methyl sites for hydroxylation is 1. The van der Waals surface area contributed by atoms with Crippen LogP contribution in [-0.4, -0.2) is 33.3 Å². The Labute approximate surface area is 171 Å². The van der Waals surface area contributed by atoms with E-state index in [0.29, 0.717) is 31.1 Å². The number of carbonyl (C=O) groups excluding carboxylic acids is 1.